The molecule has 0 radical (unpaired) electrons. The van der Waals surface area contributed by atoms with Crippen LogP contribution in [0, 0.1) is 0 Å². The molecule has 3 heterocycles. The molecule has 11 aromatic rings. The molecule has 0 unspecified atom stereocenters. The number of nitrogens with zero attached hydrogens (tertiary/aromatic N) is 3. The Bertz CT molecular complexity index is 3110. The van der Waals surface area contributed by atoms with Crippen molar-refractivity contribution in [2.75, 3.05) is 0 Å². The van der Waals surface area contributed by atoms with E-state index in [1.165, 1.54) is 82.2 Å². The van der Waals surface area contributed by atoms with Crippen molar-refractivity contribution in [2.45, 2.75) is 0 Å². The predicted molar refractivity (Wildman–Crippen MR) is 215 cm³/mol. The van der Waals surface area contributed by atoms with Gasteiger partial charge in [-0.15, -0.1) is 0 Å². The Labute approximate surface area is 294 Å². The second kappa shape index (κ2) is 10.8. The van der Waals surface area contributed by atoms with Crippen molar-refractivity contribution in [3.8, 4) is 28.2 Å². The van der Waals surface area contributed by atoms with Gasteiger partial charge in [-0.2, -0.15) is 0 Å². The second-order valence-electron chi connectivity index (χ2n) is 13.3. The van der Waals surface area contributed by atoms with Gasteiger partial charge in [0.25, 0.3) is 0 Å². The maximum atomic E-state index is 2.44. The Kier molecular flexibility index (Phi) is 5.96. The fraction of sp³-hybridized carbons (Fsp3) is 0. The smallest absolute Gasteiger partial charge is 0.0641 e. The highest BCUT2D eigenvalue weighted by Crippen LogP contribution is 2.43. The fourth-order valence-corrected chi connectivity index (χ4v) is 8.52. The van der Waals surface area contributed by atoms with E-state index >= 15 is 0 Å². The topological polar surface area (TPSA) is 14.8 Å². The normalized spacial score (nSPS) is 11.9. The van der Waals surface area contributed by atoms with Crippen molar-refractivity contribution >= 4 is 65.4 Å². The van der Waals surface area contributed by atoms with Crippen molar-refractivity contribution in [3.05, 3.63) is 188 Å². The van der Waals surface area contributed by atoms with E-state index in [-0.39, 0.29) is 0 Å². The molecule has 0 saturated heterocycles. The van der Waals surface area contributed by atoms with Crippen molar-refractivity contribution in [1.29, 1.82) is 0 Å². The zero-order chi connectivity index (χ0) is 33.5. The van der Waals surface area contributed by atoms with Crippen molar-refractivity contribution in [1.82, 2.24) is 13.7 Å². The van der Waals surface area contributed by atoms with E-state index in [1.807, 2.05) is 0 Å². The number of aromatic nitrogens is 3. The number of hydrogen-bond acceptors (Lipinski definition) is 0. The Hall–Kier alpha value is -6.84. The largest absolute Gasteiger partial charge is 0.309 e. The molecular weight excluding hydrogens is 619 g/mol. The quantitative estimate of drug-likeness (QED) is 0.180. The zero-order valence-corrected chi connectivity index (χ0v) is 27.7. The molecule has 0 aliphatic carbocycles. The molecular formula is C48H31N3. The van der Waals surface area contributed by atoms with Gasteiger partial charge in [0.1, 0.15) is 0 Å². The molecule has 0 aliphatic rings. The lowest BCUT2D eigenvalue weighted by Gasteiger charge is -2.13. The van der Waals surface area contributed by atoms with Gasteiger partial charge in [-0.05, 0) is 66.2 Å². The zero-order valence-electron chi connectivity index (χ0n) is 27.7. The molecule has 0 aliphatic heterocycles. The summed E-state index contributed by atoms with van der Waals surface area (Å²) < 4.78 is 7.29. The van der Waals surface area contributed by atoms with Gasteiger partial charge >= 0.3 is 0 Å². The van der Waals surface area contributed by atoms with Crippen LogP contribution in [0.1, 0.15) is 0 Å². The minimum absolute atomic E-state index is 1.14. The van der Waals surface area contributed by atoms with Gasteiger partial charge < -0.3 is 13.7 Å². The minimum atomic E-state index is 1.14. The first kappa shape index (κ1) is 28.0. The lowest BCUT2D eigenvalue weighted by molar-refractivity contribution is 1.17. The van der Waals surface area contributed by atoms with E-state index in [1.54, 1.807) is 0 Å². The van der Waals surface area contributed by atoms with Gasteiger partial charge in [0.2, 0.25) is 0 Å². The third kappa shape index (κ3) is 4.00. The molecule has 3 aromatic heterocycles. The van der Waals surface area contributed by atoms with E-state index in [0.29, 0.717) is 0 Å². The third-order valence-electron chi connectivity index (χ3n) is 10.6. The molecule has 0 amide bonds. The Balaban J connectivity index is 1.15. The lowest BCUT2D eigenvalue weighted by Crippen LogP contribution is -1.96. The van der Waals surface area contributed by atoms with Gasteiger partial charge in [0.05, 0.1) is 33.1 Å². The van der Waals surface area contributed by atoms with Crippen LogP contribution in [0.3, 0.4) is 0 Å². The van der Waals surface area contributed by atoms with E-state index < -0.39 is 0 Å². The van der Waals surface area contributed by atoms with E-state index in [2.05, 4.69) is 202 Å². The summed E-state index contributed by atoms with van der Waals surface area (Å²) in [4.78, 5) is 0. The summed E-state index contributed by atoms with van der Waals surface area (Å²) >= 11 is 0. The summed E-state index contributed by atoms with van der Waals surface area (Å²) in [5.74, 6) is 0. The fourth-order valence-electron chi connectivity index (χ4n) is 8.52. The van der Waals surface area contributed by atoms with Crippen LogP contribution < -0.4 is 0 Å². The maximum absolute atomic E-state index is 2.44. The SMILES string of the molecule is c1ccc(-n2c3ccccc3c3cccc(-c4ccc(-n5c6ccccc6c6c5ccc5c7ccccc7n(-c7ccccc7)c56)cc4)c32)cc1. The highest BCUT2D eigenvalue weighted by atomic mass is 15.0. The van der Waals surface area contributed by atoms with Crippen LogP contribution >= 0.6 is 0 Å². The molecule has 0 saturated carbocycles. The van der Waals surface area contributed by atoms with Crippen molar-refractivity contribution in [3.63, 3.8) is 0 Å². The molecule has 0 N–H and O–H groups in total. The van der Waals surface area contributed by atoms with Gasteiger partial charge in [-0.1, -0.05) is 127 Å². The first-order valence-corrected chi connectivity index (χ1v) is 17.5. The van der Waals surface area contributed by atoms with E-state index in [0.717, 1.165) is 11.4 Å². The predicted octanol–water partition coefficient (Wildman–Crippen LogP) is 12.6. The standard InChI is InChI=1S/C48H31N3/c1-3-14-33(15-4-1)50-42-23-10-7-18-37(42)39-22-13-21-36(47(39)50)32-26-28-35(29-27-32)49-44-25-12-9-20-41(44)46-45(49)31-30-40-38-19-8-11-24-43(38)51(48(40)46)34-16-5-2-6-17-34/h1-31H. The summed E-state index contributed by atoms with van der Waals surface area (Å²) in [7, 11) is 0. The van der Waals surface area contributed by atoms with Crippen molar-refractivity contribution in [2.24, 2.45) is 0 Å². The summed E-state index contributed by atoms with van der Waals surface area (Å²) in [6, 6.07) is 68.3. The number of rotatable bonds is 4. The third-order valence-corrected chi connectivity index (χ3v) is 10.6. The molecule has 8 aromatic carbocycles. The number of benzene rings is 8. The number of hydrogen-bond donors (Lipinski definition) is 0. The van der Waals surface area contributed by atoms with Crippen LogP contribution in [0.4, 0.5) is 0 Å². The monoisotopic (exact) mass is 649 g/mol. The van der Waals surface area contributed by atoms with Gasteiger partial charge in [0.15, 0.2) is 0 Å². The summed E-state index contributed by atoms with van der Waals surface area (Å²) in [6.45, 7) is 0. The summed E-state index contributed by atoms with van der Waals surface area (Å²) in [5, 5.41) is 7.57. The van der Waals surface area contributed by atoms with E-state index in [9.17, 15) is 0 Å². The Morgan fingerprint density at radius 1 is 0.255 bits per heavy atom. The summed E-state index contributed by atoms with van der Waals surface area (Å²) in [6.07, 6.45) is 0. The highest BCUT2D eigenvalue weighted by Gasteiger charge is 2.21. The lowest BCUT2D eigenvalue weighted by atomic mass is 10.0. The summed E-state index contributed by atoms with van der Waals surface area (Å²) in [5.41, 5.74) is 13.2. The van der Waals surface area contributed by atoms with Crippen LogP contribution in [0.5, 0.6) is 0 Å². The number of fused-ring (bicyclic) bond motifs is 10. The molecule has 0 spiro atoms. The van der Waals surface area contributed by atoms with Crippen molar-refractivity contribution < 1.29 is 0 Å². The van der Waals surface area contributed by atoms with E-state index in [4.69, 9.17) is 0 Å². The van der Waals surface area contributed by atoms with Gasteiger partial charge in [0, 0.05) is 54.9 Å². The molecule has 11 rings (SSSR count). The van der Waals surface area contributed by atoms with Crippen LogP contribution in [0.25, 0.3) is 93.6 Å². The maximum Gasteiger partial charge on any atom is 0.0641 e. The molecule has 3 nitrogen and oxygen atoms in total. The molecule has 0 fully saturated rings. The molecule has 51 heavy (non-hydrogen) atoms. The first-order chi connectivity index (χ1) is 25.3. The van der Waals surface area contributed by atoms with Crippen LogP contribution in [-0.4, -0.2) is 13.7 Å². The minimum Gasteiger partial charge on any atom is -0.309 e. The van der Waals surface area contributed by atoms with Crippen LogP contribution in [0.15, 0.2) is 188 Å². The average molecular weight is 650 g/mol. The Morgan fingerprint density at radius 2 is 0.725 bits per heavy atom. The number of para-hydroxylation sites is 6. The Morgan fingerprint density at radius 3 is 1.35 bits per heavy atom. The molecule has 238 valence electrons. The highest BCUT2D eigenvalue weighted by molar-refractivity contribution is 6.26. The molecule has 0 bridgehead atoms. The average Bonchev–Trinajstić information content (AvgIpc) is 3.84. The molecule has 0 atom stereocenters. The second-order valence-corrected chi connectivity index (χ2v) is 13.3. The van der Waals surface area contributed by atoms with Crippen LogP contribution in [-0.2, 0) is 0 Å². The molecule has 3 heteroatoms. The van der Waals surface area contributed by atoms with Gasteiger partial charge in [-0.3, -0.25) is 0 Å². The van der Waals surface area contributed by atoms with Gasteiger partial charge in [-0.25, -0.2) is 0 Å². The van der Waals surface area contributed by atoms with Crippen LogP contribution in [0.2, 0.25) is 0 Å². The first-order valence-electron chi connectivity index (χ1n) is 17.5.